The molecule has 3 heteroatoms. The molecular formula is C14H27NO2. The first-order valence-electron chi connectivity index (χ1n) is 6.93. The molecule has 100 valence electrons. The number of nitrogens with zero attached hydrogens (tertiary/aromatic N) is 1. The first kappa shape index (κ1) is 14.5. The normalized spacial score (nSPS) is 17.4. The first-order valence-corrected chi connectivity index (χ1v) is 6.93. The van der Waals surface area contributed by atoms with Gasteiger partial charge >= 0.3 is 0 Å². The zero-order chi connectivity index (χ0) is 12.7. The number of ether oxygens (including phenoxy) is 1. The molecule has 0 radical (unpaired) electrons. The molecule has 1 amide bonds. The van der Waals surface area contributed by atoms with Gasteiger partial charge in [-0.3, -0.25) is 4.79 Å². The molecule has 0 aromatic rings. The van der Waals surface area contributed by atoms with Crippen molar-refractivity contribution in [3.8, 4) is 0 Å². The standard InChI is InChI=1S/C14H27NO2/c1-12(2)11-15(14(16)9-10-17-3)13-7-5-4-6-8-13/h12-13H,4-11H2,1-3H3. The maximum atomic E-state index is 12.2. The minimum Gasteiger partial charge on any atom is -0.384 e. The molecule has 0 saturated heterocycles. The van der Waals surface area contributed by atoms with Crippen LogP contribution in [0.25, 0.3) is 0 Å². The van der Waals surface area contributed by atoms with Gasteiger partial charge in [0, 0.05) is 19.7 Å². The SMILES string of the molecule is COCCC(=O)N(CC(C)C)C1CCCCC1. The first-order chi connectivity index (χ1) is 8.15. The maximum absolute atomic E-state index is 12.2. The van der Waals surface area contributed by atoms with Crippen molar-refractivity contribution < 1.29 is 9.53 Å². The maximum Gasteiger partial charge on any atom is 0.225 e. The second kappa shape index (κ2) is 7.70. The smallest absolute Gasteiger partial charge is 0.225 e. The Morgan fingerprint density at radius 3 is 2.47 bits per heavy atom. The van der Waals surface area contributed by atoms with E-state index in [4.69, 9.17) is 4.74 Å². The van der Waals surface area contributed by atoms with Crippen molar-refractivity contribution in [1.82, 2.24) is 4.90 Å². The van der Waals surface area contributed by atoms with Gasteiger partial charge in [-0.05, 0) is 18.8 Å². The van der Waals surface area contributed by atoms with Gasteiger partial charge in [0.25, 0.3) is 0 Å². The average Bonchev–Trinajstić information content (AvgIpc) is 2.34. The highest BCUT2D eigenvalue weighted by atomic mass is 16.5. The Morgan fingerprint density at radius 1 is 1.29 bits per heavy atom. The lowest BCUT2D eigenvalue weighted by molar-refractivity contribution is -0.135. The molecular weight excluding hydrogens is 214 g/mol. The van der Waals surface area contributed by atoms with Crippen LogP contribution in [0.1, 0.15) is 52.4 Å². The third kappa shape index (κ3) is 5.07. The lowest BCUT2D eigenvalue weighted by Crippen LogP contribution is -2.43. The molecule has 0 bridgehead atoms. The quantitative estimate of drug-likeness (QED) is 0.715. The van der Waals surface area contributed by atoms with Gasteiger partial charge < -0.3 is 9.64 Å². The van der Waals surface area contributed by atoms with Gasteiger partial charge in [-0.1, -0.05) is 33.1 Å². The van der Waals surface area contributed by atoms with Crippen LogP contribution in [-0.2, 0) is 9.53 Å². The van der Waals surface area contributed by atoms with Crippen molar-refractivity contribution in [2.75, 3.05) is 20.3 Å². The molecule has 1 fully saturated rings. The third-order valence-corrected chi connectivity index (χ3v) is 3.42. The number of methoxy groups -OCH3 is 1. The topological polar surface area (TPSA) is 29.5 Å². The van der Waals surface area contributed by atoms with Crippen LogP contribution < -0.4 is 0 Å². The van der Waals surface area contributed by atoms with Crippen LogP contribution in [0.5, 0.6) is 0 Å². The highest BCUT2D eigenvalue weighted by molar-refractivity contribution is 5.76. The van der Waals surface area contributed by atoms with E-state index < -0.39 is 0 Å². The molecule has 17 heavy (non-hydrogen) atoms. The van der Waals surface area contributed by atoms with E-state index in [0.29, 0.717) is 25.0 Å². The molecule has 1 rings (SSSR count). The fraction of sp³-hybridized carbons (Fsp3) is 0.929. The molecule has 0 N–H and O–H groups in total. The van der Waals surface area contributed by atoms with Gasteiger partial charge in [-0.2, -0.15) is 0 Å². The number of carbonyl (C=O) groups is 1. The highest BCUT2D eigenvalue weighted by Crippen LogP contribution is 2.24. The fourth-order valence-corrected chi connectivity index (χ4v) is 2.57. The van der Waals surface area contributed by atoms with Crippen molar-refractivity contribution in [2.24, 2.45) is 5.92 Å². The summed E-state index contributed by atoms with van der Waals surface area (Å²) in [5.41, 5.74) is 0. The summed E-state index contributed by atoms with van der Waals surface area (Å²) in [6.07, 6.45) is 6.78. The van der Waals surface area contributed by atoms with E-state index in [9.17, 15) is 4.79 Å². The second-order valence-electron chi connectivity index (χ2n) is 5.47. The molecule has 0 atom stereocenters. The summed E-state index contributed by atoms with van der Waals surface area (Å²) in [4.78, 5) is 14.3. The van der Waals surface area contributed by atoms with Crippen LogP contribution in [-0.4, -0.2) is 37.1 Å². The molecule has 0 aliphatic heterocycles. The van der Waals surface area contributed by atoms with Crippen molar-refractivity contribution in [2.45, 2.75) is 58.4 Å². The van der Waals surface area contributed by atoms with Gasteiger partial charge in [0.1, 0.15) is 0 Å². The van der Waals surface area contributed by atoms with Crippen molar-refractivity contribution in [3.63, 3.8) is 0 Å². The molecule has 0 aromatic heterocycles. The van der Waals surface area contributed by atoms with Crippen LogP contribution in [0.3, 0.4) is 0 Å². The lowest BCUT2D eigenvalue weighted by atomic mass is 9.93. The molecule has 1 aliphatic carbocycles. The number of carbonyl (C=O) groups excluding carboxylic acids is 1. The Morgan fingerprint density at radius 2 is 1.94 bits per heavy atom. The minimum absolute atomic E-state index is 0.271. The minimum atomic E-state index is 0.271. The van der Waals surface area contributed by atoms with E-state index in [0.717, 1.165) is 6.54 Å². The molecule has 3 nitrogen and oxygen atoms in total. The van der Waals surface area contributed by atoms with Gasteiger partial charge in [0.2, 0.25) is 5.91 Å². The Labute approximate surface area is 106 Å². The Balaban J connectivity index is 2.54. The lowest BCUT2D eigenvalue weighted by Gasteiger charge is -2.35. The summed E-state index contributed by atoms with van der Waals surface area (Å²) in [7, 11) is 1.65. The van der Waals surface area contributed by atoms with Gasteiger partial charge in [0.15, 0.2) is 0 Å². The van der Waals surface area contributed by atoms with Crippen LogP contribution in [0.15, 0.2) is 0 Å². The Kier molecular flexibility index (Phi) is 6.56. The summed E-state index contributed by atoms with van der Waals surface area (Å²) in [5.74, 6) is 0.816. The summed E-state index contributed by atoms with van der Waals surface area (Å²) in [6, 6.07) is 0.482. The number of hydrogen-bond acceptors (Lipinski definition) is 2. The zero-order valence-electron chi connectivity index (χ0n) is 11.6. The third-order valence-electron chi connectivity index (χ3n) is 3.42. The molecule has 0 spiro atoms. The summed E-state index contributed by atoms with van der Waals surface area (Å²) in [5, 5.41) is 0. The van der Waals surface area contributed by atoms with Crippen molar-refractivity contribution in [1.29, 1.82) is 0 Å². The van der Waals surface area contributed by atoms with Crippen LogP contribution >= 0.6 is 0 Å². The van der Waals surface area contributed by atoms with Gasteiger partial charge in [-0.25, -0.2) is 0 Å². The van der Waals surface area contributed by atoms with E-state index in [-0.39, 0.29) is 5.91 Å². The van der Waals surface area contributed by atoms with E-state index in [1.807, 2.05) is 0 Å². The number of rotatable bonds is 6. The zero-order valence-corrected chi connectivity index (χ0v) is 11.6. The van der Waals surface area contributed by atoms with E-state index >= 15 is 0 Å². The van der Waals surface area contributed by atoms with Crippen LogP contribution in [0.4, 0.5) is 0 Å². The highest BCUT2D eigenvalue weighted by Gasteiger charge is 2.25. The largest absolute Gasteiger partial charge is 0.384 e. The molecule has 1 saturated carbocycles. The van der Waals surface area contributed by atoms with E-state index in [1.165, 1.54) is 32.1 Å². The second-order valence-corrected chi connectivity index (χ2v) is 5.47. The summed E-state index contributed by atoms with van der Waals surface area (Å²) >= 11 is 0. The molecule has 0 unspecified atom stereocenters. The van der Waals surface area contributed by atoms with Crippen LogP contribution in [0, 0.1) is 5.92 Å². The fourth-order valence-electron chi connectivity index (χ4n) is 2.57. The Bertz CT molecular complexity index is 222. The van der Waals surface area contributed by atoms with E-state index in [2.05, 4.69) is 18.7 Å². The summed E-state index contributed by atoms with van der Waals surface area (Å²) in [6.45, 7) is 5.80. The summed E-state index contributed by atoms with van der Waals surface area (Å²) < 4.78 is 5.01. The van der Waals surface area contributed by atoms with Gasteiger partial charge in [0.05, 0.1) is 13.0 Å². The van der Waals surface area contributed by atoms with E-state index in [1.54, 1.807) is 7.11 Å². The average molecular weight is 241 g/mol. The predicted molar refractivity (Wildman–Crippen MR) is 69.9 cm³/mol. The molecule has 1 aliphatic rings. The number of amides is 1. The van der Waals surface area contributed by atoms with Crippen molar-refractivity contribution >= 4 is 5.91 Å². The Hall–Kier alpha value is -0.570. The van der Waals surface area contributed by atoms with Crippen molar-refractivity contribution in [3.05, 3.63) is 0 Å². The van der Waals surface area contributed by atoms with Crippen LogP contribution in [0.2, 0.25) is 0 Å². The monoisotopic (exact) mass is 241 g/mol. The molecule has 0 aromatic carbocycles. The number of hydrogen-bond donors (Lipinski definition) is 0. The predicted octanol–water partition coefficient (Wildman–Crippen LogP) is 2.84. The molecule has 0 heterocycles. The van der Waals surface area contributed by atoms with Gasteiger partial charge in [-0.15, -0.1) is 0 Å².